The van der Waals surface area contributed by atoms with Crippen molar-refractivity contribution in [2.75, 3.05) is 50.8 Å². The molecule has 0 atom stereocenters. The number of amides is 2. The number of nitrogens with zero attached hydrogens (tertiary/aromatic N) is 2. The number of morpholine rings is 1. The van der Waals surface area contributed by atoms with E-state index in [0.29, 0.717) is 23.5 Å². The lowest BCUT2D eigenvalue weighted by Gasteiger charge is -2.26. The fourth-order valence-electron chi connectivity index (χ4n) is 3.46. The molecule has 1 saturated heterocycles. The molecule has 0 spiro atoms. The van der Waals surface area contributed by atoms with Crippen molar-refractivity contribution in [3.8, 4) is 0 Å². The van der Waals surface area contributed by atoms with E-state index in [1.807, 2.05) is 36.4 Å². The van der Waals surface area contributed by atoms with Crippen molar-refractivity contribution in [3.05, 3.63) is 51.7 Å². The quantitative estimate of drug-likeness (QED) is 0.855. The standard InChI is InChI=1S/C20H23N3O3S/c24-19(21-7-9-22-10-12-26-13-11-22)18-14-16-17(27-18)6-8-23(16)20(25)15-4-2-1-3-5-15/h1-5,14H,6-13H2,(H,21,24). The molecule has 0 radical (unpaired) electrons. The summed E-state index contributed by atoms with van der Waals surface area (Å²) in [5, 5.41) is 3.00. The van der Waals surface area contributed by atoms with Crippen LogP contribution in [0.3, 0.4) is 0 Å². The number of carbonyl (C=O) groups is 2. The Hall–Kier alpha value is -2.22. The van der Waals surface area contributed by atoms with Crippen LogP contribution >= 0.6 is 11.3 Å². The monoisotopic (exact) mass is 385 g/mol. The molecule has 27 heavy (non-hydrogen) atoms. The summed E-state index contributed by atoms with van der Waals surface area (Å²) >= 11 is 1.49. The van der Waals surface area contributed by atoms with Crippen molar-refractivity contribution in [2.24, 2.45) is 0 Å². The van der Waals surface area contributed by atoms with Gasteiger partial charge in [0.15, 0.2) is 0 Å². The Balaban J connectivity index is 1.37. The summed E-state index contributed by atoms with van der Waals surface area (Å²) in [4.78, 5) is 31.1. The molecule has 2 aromatic rings. The molecule has 0 saturated carbocycles. The van der Waals surface area contributed by atoms with Crippen LogP contribution in [0.15, 0.2) is 36.4 Å². The molecule has 4 rings (SSSR count). The van der Waals surface area contributed by atoms with Gasteiger partial charge in [0.25, 0.3) is 11.8 Å². The van der Waals surface area contributed by atoms with Gasteiger partial charge in [0.05, 0.1) is 23.8 Å². The number of rotatable bonds is 5. The molecule has 0 aliphatic carbocycles. The zero-order valence-electron chi connectivity index (χ0n) is 15.1. The van der Waals surface area contributed by atoms with E-state index in [4.69, 9.17) is 4.74 Å². The topological polar surface area (TPSA) is 61.9 Å². The Morgan fingerprint density at radius 2 is 1.89 bits per heavy atom. The zero-order valence-corrected chi connectivity index (χ0v) is 16.0. The Morgan fingerprint density at radius 3 is 2.67 bits per heavy atom. The first-order valence-electron chi connectivity index (χ1n) is 9.30. The van der Waals surface area contributed by atoms with Crippen LogP contribution in [0.5, 0.6) is 0 Å². The molecule has 1 fully saturated rings. The van der Waals surface area contributed by atoms with Crippen molar-refractivity contribution < 1.29 is 14.3 Å². The summed E-state index contributed by atoms with van der Waals surface area (Å²) in [6, 6.07) is 11.1. The molecule has 2 aliphatic rings. The van der Waals surface area contributed by atoms with E-state index in [9.17, 15) is 9.59 Å². The highest BCUT2D eigenvalue weighted by Crippen LogP contribution is 2.36. The summed E-state index contributed by atoms with van der Waals surface area (Å²) in [6.07, 6.45) is 0.805. The molecule has 1 aromatic heterocycles. The van der Waals surface area contributed by atoms with Crippen molar-refractivity contribution in [2.45, 2.75) is 6.42 Å². The zero-order chi connectivity index (χ0) is 18.6. The third-order valence-corrected chi connectivity index (χ3v) is 6.13. The molecule has 2 amide bonds. The summed E-state index contributed by atoms with van der Waals surface area (Å²) in [6.45, 7) is 5.48. The summed E-state index contributed by atoms with van der Waals surface area (Å²) < 4.78 is 5.33. The minimum Gasteiger partial charge on any atom is -0.379 e. The number of hydrogen-bond donors (Lipinski definition) is 1. The molecule has 7 heteroatoms. The first-order chi connectivity index (χ1) is 13.2. The maximum absolute atomic E-state index is 12.8. The largest absolute Gasteiger partial charge is 0.379 e. The highest BCUT2D eigenvalue weighted by atomic mass is 32.1. The van der Waals surface area contributed by atoms with Crippen LogP contribution in [0, 0.1) is 0 Å². The first-order valence-corrected chi connectivity index (χ1v) is 10.1. The Bertz CT molecular complexity index is 815. The second-order valence-corrected chi connectivity index (χ2v) is 7.84. The van der Waals surface area contributed by atoms with Crippen LogP contribution in [0.1, 0.15) is 24.9 Å². The maximum atomic E-state index is 12.8. The predicted molar refractivity (Wildman–Crippen MR) is 106 cm³/mol. The van der Waals surface area contributed by atoms with Crippen LogP contribution in [-0.2, 0) is 11.2 Å². The van der Waals surface area contributed by atoms with E-state index in [1.165, 1.54) is 11.3 Å². The molecule has 1 N–H and O–H groups in total. The van der Waals surface area contributed by atoms with Gasteiger partial charge < -0.3 is 15.0 Å². The van der Waals surface area contributed by atoms with Crippen LogP contribution < -0.4 is 10.2 Å². The summed E-state index contributed by atoms with van der Waals surface area (Å²) in [7, 11) is 0. The van der Waals surface area contributed by atoms with Crippen LogP contribution in [0.4, 0.5) is 5.69 Å². The second kappa shape index (κ2) is 8.21. The lowest BCUT2D eigenvalue weighted by molar-refractivity contribution is 0.0383. The van der Waals surface area contributed by atoms with Gasteiger partial charge in [0, 0.05) is 49.6 Å². The second-order valence-electron chi connectivity index (χ2n) is 6.70. The van der Waals surface area contributed by atoms with Gasteiger partial charge in [-0.2, -0.15) is 0 Å². The van der Waals surface area contributed by atoms with Gasteiger partial charge in [-0.25, -0.2) is 0 Å². The maximum Gasteiger partial charge on any atom is 0.261 e. The van der Waals surface area contributed by atoms with Gasteiger partial charge in [-0.3, -0.25) is 14.5 Å². The molecular formula is C20H23N3O3S. The van der Waals surface area contributed by atoms with E-state index in [-0.39, 0.29) is 11.8 Å². The SMILES string of the molecule is O=C(NCCN1CCOCC1)c1cc2c(s1)CCN2C(=O)c1ccccc1. The van der Waals surface area contributed by atoms with E-state index in [1.54, 1.807) is 4.90 Å². The number of carbonyl (C=O) groups excluding carboxylic acids is 2. The average molecular weight is 385 g/mol. The Morgan fingerprint density at radius 1 is 1.11 bits per heavy atom. The minimum absolute atomic E-state index is 0.00794. The molecule has 0 unspecified atom stereocenters. The Kier molecular flexibility index (Phi) is 5.52. The van der Waals surface area contributed by atoms with E-state index >= 15 is 0 Å². The molecule has 2 aliphatic heterocycles. The van der Waals surface area contributed by atoms with Gasteiger partial charge >= 0.3 is 0 Å². The lowest BCUT2D eigenvalue weighted by Crippen LogP contribution is -2.41. The van der Waals surface area contributed by atoms with Gasteiger partial charge in [0.2, 0.25) is 0 Å². The summed E-state index contributed by atoms with van der Waals surface area (Å²) in [5.41, 5.74) is 1.56. The first kappa shape index (κ1) is 18.2. The average Bonchev–Trinajstić information content (AvgIpc) is 3.30. The lowest BCUT2D eigenvalue weighted by atomic mass is 10.2. The van der Waals surface area contributed by atoms with E-state index in [0.717, 1.165) is 49.8 Å². The number of ether oxygens (including phenoxy) is 1. The van der Waals surface area contributed by atoms with Crippen molar-refractivity contribution in [1.29, 1.82) is 0 Å². The Labute approximate surface area is 162 Å². The van der Waals surface area contributed by atoms with Gasteiger partial charge in [-0.1, -0.05) is 18.2 Å². The van der Waals surface area contributed by atoms with Crippen molar-refractivity contribution in [3.63, 3.8) is 0 Å². The molecule has 1 aromatic carbocycles. The fraction of sp³-hybridized carbons (Fsp3) is 0.400. The van der Waals surface area contributed by atoms with Crippen molar-refractivity contribution in [1.82, 2.24) is 10.2 Å². The number of benzene rings is 1. The highest BCUT2D eigenvalue weighted by molar-refractivity contribution is 7.14. The number of nitrogens with one attached hydrogen (secondary N) is 1. The third kappa shape index (κ3) is 4.05. The van der Waals surface area contributed by atoms with E-state index < -0.39 is 0 Å². The van der Waals surface area contributed by atoms with Crippen LogP contribution in [-0.4, -0.2) is 62.7 Å². The number of thiophene rings is 1. The predicted octanol–water partition coefficient (Wildman–Crippen LogP) is 2.01. The number of anilines is 1. The molecule has 6 nitrogen and oxygen atoms in total. The van der Waals surface area contributed by atoms with Crippen LogP contribution in [0.25, 0.3) is 0 Å². The summed E-state index contributed by atoms with van der Waals surface area (Å²) in [5.74, 6) is -0.0683. The fourth-order valence-corrected chi connectivity index (χ4v) is 4.53. The third-order valence-electron chi connectivity index (χ3n) is 4.95. The van der Waals surface area contributed by atoms with Gasteiger partial charge in [0.1, 0.15) is 0 Å². The normalized spacial score (nSPS) is 17.0. The highest BCUT2D eigenvalue weighted by Gasteiger charge is 2.29. The van der Waals surface area contributed by atoms with Gasteiger partial charge in [-0.15, -0.1) is 11.3 Å². The number of hydrogen-bond acceptors (Lipinski definition) is 5. The molecule has 142 valence electrons. The molecular weight excluding hydrogens is 362 g/mol. The van der Waals surface area contributed by atoms with Gasteiger partial charge in [-0.05, 0) is 18.2 Å². The minimum atomic E-state index is -0.0604. The van der Waals surface area contributed by atoms with E-state index in [2.05, 4.69) is 10.2 Å². The smallest absolute Gasteiger partial charge is 0.261 e. The van der Waals surface area contributed by atoms with Crippen molar-refractivity contribution >= 4 is 28.8 Å². The molecule has 3 heterocycles. The number of fused-ring (bicyclic) bond motifs is 1. The van der Waals surface area contributed by atoms with Crippen LogP contribution in [0.2, 0.25) is 0 Å². The molecule has 0 bridgehead atoms.